The van der Waals surface area contributed by atoms with Gasteiger partial charge in [0, 0.05) is 13.1 Å². The fourth-order valence-corrected chi connectivity index (χ4v) is 2.71. The molecule has 110 valence electrons. The van der Waals surface area contributed by atoms with Crippen LogP contribution in [0.5, 0.6) is 0 Å². The average molecular weight is 325 g/mol. The SMILES string of the molecule is O=C(CCl)NCCN1C(=O)S/C(=C\c2ccccc2)C1=O. The highest BCUT2D eigenvalue weighted by Gasteiger charge is 2.34. The van der Waals surface area contributed by atoms with Crippen LogP contribution in [0.25, 0.3) is 6.08 Å². The highest BCUT2D eigenvalue weighted by Crippen LogP contribution is 2.31. The van der Waals surface area contributed by atoms with Crippen LogP contribution in [-0.2, 0) is 9.59 Å². The molecule has 0 saturated carbocycles. The lowest BCUT2D eigenvalue weighted by Gasteiger charge is -2.12. The van der Waals surface area contributed by atoms with Crippen LogP contribution in [-0.4, -0.2) is 40.9 Å². The molecule has 1 N–H and O–H groups in total. The van der Waals surface area contributed by atoms with Crippen molar-refractivity contribution in [3.63, 3.8) is 0 Å². The van der Waals surface area contributed by atoms with E-state index < -0.39 is 0 Å². The van der Waals surface area contributed by atoms with Crippen molar-refractivity contribution in [1.29, 1.82) is 0 Å². The number of nitrogens with zero attached hydrogens (tertiary/aromatic N) is 1. The highest BCUT2D eigenvalue weighted by molar-refractivity contribution is 8.18. The maximum Gasteiger partial charge on any atom is 0.293 e. The number of benzene rings is 1. The molecule has 1 aromatic carbocycles. The van der Waals surface area contributed by atoms with Crippen molar-refractivity contribution in [2.24, 2.45) is 0 Å². The van der Waals surface area contributed by atoms with Crippen molar-refractivity contribution < 1.29 is 14.4 Å². The first-order valence-electron chi connectivity index (χ1n) is 6.25. The van der Waals surface area contributed by atoms with Gasteiger partial charge in [-0.2, -0.15) is 0 Å². The van der Waals surface area contributed by atoms with E-state index in [0.717, 1.165) is 22.2 Å². The Morgan fingerprint density at radius 2 is 2.00 bits per heavy atom. The summed E-state index contributed by atoms with van der Waals surface area (Å²) in [6.07, 6.45) is 1.68. The Bertz CT molecular complexity index is 589. The van der Waals surface area contributed by atoms with E-state index in [1.807, 2.05) is 30.3 Å². The van der Waals surface area contributed by atoms with Crippen LogP contribution >= 0.6 is 23.4 Å². The number of alkyl halides is 1. The average Bonchev–Trinajstić information content (AvgIpc) is 2.75. The molecule has 1 saturated heterocycles. The summed E-state index contributed by atoms with van der Waals surface area (Å²) in [6.45, 7) is 0.335. The van der Waals surface area contributed by atoms with Crippen molar-refractivity contribution >= 4 is 46.5 Å². The summed E-state index contributed by atoms with van der Waals surface area (Å²) < 4.78 is 0. The molecular weight excluding hydrogens is 312 g/mol. The largest absolute Gasteiger partial charge is 0.353 e. The molecule has 1 fully saturated rings. The Balaban J connectivity index is 2.00. The van der Waals surface area contributed by atoms with E-state index in [4.69, 9.17) is 11.6 Å². The number of halogens is 1. The predicted octanol–water partition coefficient (Wildman–Crippen LogP) is 2.08. The quantitative estimate of drug-likeness (QED) is 0.665. The second kappa shape index (κ2) is 7.28. The van der Waals surface area contributed by atoms with Crippen LogP contribution in [0.3, 0.4) is 0 Å². The van der Waals surface area contributed by atoms with Gasteiger partial charge in [0.05, 0.1) is 4.91 Å². The standard InChI is InChI=1S/C14H13ClN2O3S/c15-9-12(18)16-6-7-17-13(19)11(21-14(17)20)8-10-4-2-1-3-5-10/h1-5,8H,6-7,9H2,(H,16,18)/b11-8-. The minimum atomic E-state index is -0.339. The van der Waals surface area contributed by atoms with Gasteiger partial charge in [-0.15, -0.1) is 11.6 Å². The Morgan fingerprint density at radius 1 is 1.29 bits per heavy atom. The first kappa shape index (κ1) is 15.6. The number of carbonyl (C=O) groups excluding carboxylic acids is 3. The van der Waals surface area contributed by atoms with Gasteiger partial charge in [-0.3, -0.25) is 19.3 Å². The number of imide groups is 1. The minimum Gasteiger partial charge on any atom is -0.353 e. The molecule has 3 amide bonds. The molecule has 0 radical (unpaired) electrons. The summed E-state index contributed by atoms with van der Waals surface area (Å²) in [5.74, 6) is -0.812. The summed E-state index contributed by atoms with van der Waals surface area (Å²) >= 11 is 6.25. The number of amides is 3. The molecule has 0 atom stereocenters. The van der Waals surface area contributed by atoms with Gasteiger partial charge in [-0.25, -0.2) is 0 Å². The molecule has 7 heteroatoms. The zero-order chi connectivity index (χ0) is 15.2. The van der Waals surface area contributed by atoms with Gasteiger partial charge in [0.2, 0.25) is 5.91 Å². The molecule has 1 aliphatic heterocycles. The van der Waals surface area contributed by atoms with E-state index in [1.165, 1.54) is 0 Å². The molecule has 1 heterocycles. The lowest BCUT2D eigenvalue weighted by Crippen LogP contribution is -2.37. The lowest BCUT2D eigenvalue weighted by atomic mass is 10.2. The molecule has 0 aliphatic carbocycles. The Hall–Kier alpha value is -1.79. The molecule has 0 aromatic heterocycles. The van der Waals surface area contributed by atoms with Crippen LogP contribution in [0.2, 0.25) is 0 Å². The predicted molar refractivity (Wildman–Crippen MR) is 82.8 cm³/mol. The van der Waals surface area contributed by atoms with E-state index in [-0.39, 0.29) is 36.0 Å². The van der Waals surface area contributed by atoms with Gasteiger partial charge in [0.25, 0.3) is 11.1 Å². The summed E-state index contributed by atoms with van der Waals surface area (Å²) in [5.41, 5.74) is 0.860. The second-order valence-corrected chi connectivity index (χ2v) is 5.49. The first-order chi connectivity index (χ1) is 10.1. The normalized spacial score (nSPS) is 16.6. The second-order valence-electron chi connectivity index (χ2n) is 4.23. The van der Waals surface area contributed by atoms with E-state index in [0.29, 0.717) is 4.91 Å². The van der Waals surface area contributed by atoms with Gasteiger partial charge >= 0.3 is 0 Å². The Kier molecular flexibility index (Phi) is 5.41. The zero-order valence-corrected chi connectivity index (χ0v) is 12.6. The van der Waals surface area contributed by atoms with Crippen LogP contribution in [0.15, 0.2) is 35.2 Å². The maximum atomic E-state index is 12.1. The van der Waals surface area contributed by atoms with E-state index in [2.05, 4.69) is 5.32 Å². The topological polar surface area (TPSA) is 66.5 Å². The van der Waals surface area contributed by atoms with Gasteiger partial charge in [-0.05, 0) is 23.4 Å². The third kappa shape index (κ3) is 4.09. The van der Waals surface area contributed by atoms with Crippen LogP contribution in [0, 0.1) is 0 Å². The number of thioether (sulfide) groups is 1. The van der Waals surface area contributed by atoms with Crippen molar-refractivity contribution in [2.45, 2.75) is 0 Å². The van der Waals surface area contributed by atoms with Gasteiger partial charge in [0.15, 0.2) is 0 Å². The van der Waals surface area contributed by atoms with Crippen molar-refractivity contribution in [1.82, 2.24) is 10.2 Å². The number of rotatable bonds is 5. The summed E-state index contributed by atoms with van der Waals surface area (Å²) in [5, 5.41) is 2.19. The smallest absolute Gasteiger partial charge is 0.293 e. The van der Waals surface area contributed by atoms with Crippen molar-refractivity contribution in [3.05, 3.63) is 40.8 Å². The summed E-state index contributed by atoms with van der Waals surface area (Å²) in [4.78, 5) is 36.5. The van der Waals surface area contributed by atoms with Gasteiger partial charge in [0.1, 0.15) is 5.88 Å². The van der Waals surface area contributed by atoms with Crippen molar-refractivity contribution in [2.75, 3.05) is 19.0 Å². The number of hydrogen-bond donors (Lipinski definition) is 1. The third-order valence-electron chi connectivity index (χ3n) is 2.75. The molecule has 5 nitrogen and oxygen atoms in total. The third-order valence-corrected chi connectivity index (χ3v) is 3.90. The molecule has 2 rings (SSSR count). The summed E-state index contributed by atoms with van der Waals surface area (Å²) in [6, 6.07) is 9.31. The minimum absolute atomic E-state index is 0.138. The van der Waals surface area contributed by atoms with Crippen LogP contribution in [0.1, 0.15) is 5.56 Å². The fraction of sp³-hybridized carbons (Fsp3) is 0.214. The van der Waals surface area contributed by atoms with Crippen molar-refractivity contribution in [3.8, 4) is 0 Å². The van der Waals surface area contributed by atoms with E-state index in [9.17, 15) is 14.4 Å². The highest BCUT2D eigenvalue weighted by atomic mass is 35.5. The number of nitrogens with one attached hydrogen (secondary N) is 1. The Labute approximate surface area is 131 Å². The number of hydrogen-bond acceptors (Lipinski definition) is 4. The van der Waals surface area contributed by atoms with Gasteiger partial charge < -0.3 is 5.32 Å². The zero-order valence-electron chi connectivity index (χ0n) is 11.0. The maximum absolute atomic E-state index is 12.1. The molecule has 1 aliphatic rings. The number of carbonyl (C=O) groups is 3. The molecule has 0 unspecified atom stereocenters. The molecular formula is C14H13ClN2O3S. The van der Waals surface area contributed by atoms with Gasteiger partial charge in [-0.1, -0.05) is 30.3 Å². The van der Waals surface area contributed by atoms with E-state index in [1.54, 1.807) is 6.08 Å². The van der Waals surface area contributed by atoms with E-state index >= 15 is 0 Å². The summed E-state index contributed by atoms with van der Waals surface area (Å²) in [7, 11) is 0. The van der Waals surface area contributed by atoms with Crippen LogP contribution < -0.4 is 5.32 Å². The molecule has 21 heavy (non-hydrogen) atoms. The fourth-order valence-electron chi connectivity index (χ4n) is 1.75. The first-order valence-corrected chi connectivity index (χ1v) is 7.60. The monoisotopic (exact) mass is 324 g/mol. The lowest BCUT2D eigenvalue weighted by molar-refractivity contribution is -0.123. The molecule has 1 aromatic rings. The van der Waals surface area contributed by atoms with Crippen LogP contribution in [0.4, 0.5) is 4.79 Å². The molecule has 0 bridgehead atoms. The Morgan fingerprint density at radius 3 is 2.67 bits per heavy atom. The molecule has 0 spiro atoms.